The molecule has 0 saturated carbocycles. The predicted octanol–water partition coefficient (Wildman–Crippen LogP) is 1.47. The van der Waals surface area contributed by atoms with E-state index in [4.69, 9.17) is 10.4 Å². The van der Waals surface area contributed by atoms with Gasteiger partial charge in [-0.1, -0.05) is 6.92 Å². The van der Waals surface area contributed by atoms with Gasteiger partial charge in [0, 0.05) is 6.04 Å². The molecule has 1 saturated heterocycles. The molecular weight excluding hydrogens is 192 g/mol. The van der Waals surface area contributed by atoms with Crippen LogP contribution >= 0.6 is 0 Å². The molecule has 1 rings (SSSR count). The largest absolute Gasteiger partial charge is 0.481 e. The summed E-state index contributed by atoms with van der Waals surface area (Å²) in [6.07, 6.45) is 2.36. The third-order valence-corrected chi connectivity index (χ3v) is 3.29. The van der Waals surface area contributed by atoms with Gasteiger partial charge in [-0.2, -0.15) is 5.26 Å². The molecule has 0 amide bonds. The summed E-state index contributed by atoms with van der Waals surface area (Å²) in [5, 5.41) is 18.0. The number of hydrogen-bond acceptors (Lipinski definition) is 3. The highest BCUT2D eigenvalue weighted by molar-refractivity contribution is 5.71. The molecule has 0 aromatic heterocycles. The second-order valence-corrected chi connectivity index (χ2v) is 4.12. The number of nitriles is 1. The maximum absolute atomic E-state index is 11.0. The number of carboxylic acid groups (broad SMARTS) is 1. The first-order valence-electron chi connectivity index (χ1n) is 5.50. The molecule has 15 heavy (non-hydrogen) atoms. The van der Waals surface area contributed by atoms with Crippen molar-refractivity contribution in [2.24, 2.45) is 5.92 Å². The smallest absolute Gasteiger partial charge is 0.308 e. The van der Waals surface area contributed by atoms with E-state index < -0.39 is 5.97 Å². The van der Waals surface area contributed by atoms with Crippen LogP contribution < -0.4 is 0 Å². The SMILES string of the molecule is CCC(C#N)N1CCCC(C(=O)O)C1C. The zero-order valence-electron chi connectivity index (χ0n) is 9.31. The lowest BCUT2D eigenvalue weighted by Gasteiger charge is -2.39. The Balaban J connectivity index is 2.74. The molecule has 1 fully saturated rings. The average Bonchev–Trinajstić information content (AvgIpc) is 2.21. The summed E-state index contributed by atoms with van der Waals surface area (Å²) in [6, 6.07) is 2.08. The summed E-state index contributed by atoms with van der Waals surface area (Å²) in [5.41, 5.74) is 0. The highest BCUT2D eigenvalue weighted by atomic mass is 16.4. The Bertz CT molecular complexity index is 272. The summed E-state index contributed by atoms with van der Waals surface area (Å²) >= 11 is 0. The average molecular weight is 210 g/mol. The minimum Gasteiger partial charge on any atom is -0.481 e. The molecule has 0 bridgehead atoms. The molecule has 4 nitrogen and oxygen atoms in total. The van der Waals surface area contributed by atoms with E-state index >= 15 is 0 Å². The fraction of sp³-hybridized carbons (Fsp3) is 0.818. The van der Waals surface area contributed by atoms with Gasteiger partial charge in [0.2, 0.25) is 0 Å². The van der Waals surface area contributed by atoms with Gasteiger partial charge >= 0.3 is 5.97 Å². The third kappa shape index (κ3) is 2.48. The lowest BCUT2D eigenvalue weighted by Crippen LogP contribution is -2.50. The Morgan fingerprint density at radius 2 is 2.40 bits per heavy atom. The number of rotatable bonds is 3. The van der Waals surface area contributed by atoms with Gasteiger partial charge in [-0.3, -0.25) is 9.69 Å². The van der Waals surface area contributed by atoms with Crippen LogP contribution in [0.4, 0.5) is 0 Å². The van der Waals surface area contributed by atoms with Crippen molar-refractivity contribution in [1.82, 2.24) is 4.90 Å². The highest BCUT2D eigenvalue weighted by Crippen LogP contribution is 2.26. The van der Waals surface area contributed by atoms with E-state index in [0.717, 1.165) is 25.8 Å². The summed E-state index contributed by atoms with van der Waals surface area (Å²) in [6.45, 7) is 4.72. The molecule has 0 aromatic rings. The van der Waals surface area contributed by atoms with Crippen LogP contribution in [0.15, 0.2) is 0 Å². The highest BCUT2D eigenvalue weighted by Gasteiger charge is 2.35. The fourth-order valence-electron chi connectivity index (χ4n) is 2.34. The minimum absolute atomic E-state index is 0.0270. The molecule has 1 heterocycles. The van der Waals surface area contributed by atoms with Crippen molar-refractivity contribution in [3.63, 3.8) is 0 Å². The van der Waals surface area contributed by atoms with Crippen molar-refractivity contribution in [3.8, 4) is 6.07 Å². The van der Waals surface area contributed by atoms with Gasteiger partial charge in [0.05, 0.1) is 18.0 Å². The topological polar surface area (TPSA) is 64.3 Å². The normalized spacial score (nSPS) is 29.4. The molecule has 1 aliphatic rings. The number of carboxylic acids is 1. The van der Waals surface area contributed by atoms with E-state index in [0.29, 0.717) is 0 Å². The van der Waals surface area contributed by atoms with Crippen LogP contribution in [-0.2, 0) is 4.79 Å². The summed E-state index contributed by atoms with van der Waals surface area (Å²) < 4.78 is 0. The molecule has 0 spiro atoms. The van der Waals surface area contributed by atoms with Crippen LogP contribution in [-0.4, -0.2) is 34.6 Å². The molecular formula is C11H18N2O2. The van der Waals surface area contributed by atoms with Crippen LogP contribution in [0, 0.1) is 17.2 Å². The Kier molecular flexibility index (Phi) is 4.10. The second-order valence-electron chi connectivity index (χ2n) is 4.12. The number of likely N-dealkylation sites (tertiary alicyclic amines) is 1. The first-order chi connectivity index (χ1) is 7.11. The van der Waals surface area contributed by atoms with Crippen molar-refractivity contribution in [3.05, 3.63) is 0 Å². The molecule has 0 aromatic carbocycles. The molecule has 4 heteroatoms. The second kappa shape index (κ2) is 5.13. The minimum atomic E-state index is -0.736. The molecule has 3 atom stereocenters. The standard InChI is InChI=1S/C11H18N2O2/c1-3-9(7-12)13-6-4-5-10(8(13)2)11(14)15/h8-10H,3-6H2,1-2H3,(H,14,15). The van der Waals surface area contributed by atoms with E-state index in [-0.39, 0.29) is 18.0 Å². The van der Waals surface area contributed by atoms with Crippen LogP contribution in [0.3, 0.4) is 0 Å². The van der Waals surface area contributed by atoms with Crippen LogP contribution in [0.25, 0.3) is 0 Å². The molecule has 0 radical (unpaired) electrons. The monoisotopic (exact) mass is 210 g/mol. The predicted molar refractivity (Wildman–Crippen MR) is 56.2 cm³/mol. The van der Waals surface area contributed by atoms with Crippen LogP contribution in [0.5, 0.6) is 0 Å². The molecule has 1 aliphatic heterocycles. The first kappa shape index (κ1) is 12.0. The van der Waals surface area contributed by atoms with Gasteiger partial charge in [-0.05, 0) is 32.7 Å². The number of aliphatic carboxylic acids is 1. The summed E-state index contributed by atoms with van der Waals surface area (Å²) in [4.78, 5) is 13.0. The van der Waals surface area contributed by atoms with E-state index in [1.807, 2.05) is 18.7 Å². The number of piperidine rings is 1. The van der Waals surface area contributed by atoms with Gasteiger partial charge in [0.25, 0.3) is 0 Å². The molecule has 3 unspecified atom stereocenters. The van der Waals surface area contributed by atoms with Gasteiger partial charge in [-0.25, -0.2) is 0 Å². The van der Waals surface area contributed by atoms with Crippen molar-refractivity contribution in [1.29, 1.82) is 5.26 Å². The van der Waals surface area contributed by atoms with Crippen LogP contribution in [0.2, 0.25) is 0 Å². The molecule has 1 N–H and O–H groups in total. The van der Waals surface area contributed by atoms with Crippen molar-refractivity contribution < 1.29 is 9.90 Å². The van der Waals surface area contributed by atoms with E-state index in [1.165, 1.54) is 0 Å². The Hall–Kier alpha value is -1.08. The van der Waals surface area contributed by atoms with Gasteiger partial charge in [-0.15, -0.1) is 0 Å². The van der Waals surface area contributed by atoms with Gasteiger partial charge < -0.3 is 5.11 Å². The zero-order valence-corrected chi connectivity index (χ0v) is 9.31. The number of hydrogen-bond donors (Lipinski definition) is 1. The van der Waals surface area contributed by atoms with Gasteiger partial charge in [0.1, 0.15) is 0 Å². The molecule has 84 valence electrons. The number of carbonyl (C=O) groups is 1. The zero-order chi connectivity index (χ0) is 11.4. The fourth-order valence-corrected chi connectivity index (χ4v) is 2.34. The Morgan fingerprint density at radius 1 is 1.73 bits per heavy atom. The maximum Gasteiger partial charge on any atom is 0.308 e. The van der Waals surface area contributed by atoms with Crippen molar-refractivity contribution in [2.45, 2.75) is 45.2 Å². The molecule has 0 aliphatic carbocycles. The van der Waals surface area contributed by atoms with E-state index in [9.17, 15) is 4.79 Å². The summed E-state index contributed by atoms with van der Waals surface area (Å²) in [7, 11) is 0. The van der Waals surface area contributed by atoms with Gasteiger partial charge in [0.15, 0.2) is 0 Å². The Labute approximate surface area is 90.5 Å². The third-order valence-electron chi connectivity index (χ3n) is 3.29. The Morgan fingerprint density at radius 3 is 2.87 bits per heavy atom. The van der Waals surface area contributed by atoms with Crippen molar-refractivity contribution >= 4 is 5.97 Å². The maximum atomic E-state index is 11.0. The first-order valence-corrected chi connectivity index (χ1v) is 5.50. The lowest BCUT2D eigenvalue weighted by molar-refractivity contribution is -0.146. The quantitative estimate of drug-likeness (QED) is 0.766. The summed E-state index contributed by atoms with van der Waals surface area (Å²) in [5.74, 6) is -1.05. The van der Waals surface area contributed by atoms with Crippen LogP contribution in [0.1, 0.15) is 33.1 Å². The van der Waals surface area contributed by atoms with E-state index in [1.54, 1.807) is 0 Å². The number of nitrogens with zero attached hydrogens (tertiary/aromatic N) is 2. The lowest BCUT2D eigenvalue weighted by atomic mass is 9.89. The van der Waals surface area contributed by atoms with Crippen molar-refractivity contribution in [2.75, 3.05) is 6.54 Å². The van der Waals surface area contributed by atoms with E-state index in [2.05, 4.69) is 6.07 Å².